The van der Waals surface area contributed by atoms with E-state index < -0.39 is 6.04 Å². The number of hydroxylamine groups is 1. The normalized spacial score (nSPS) is 11.6. The Labute approximate surface area is 145 Å². The van der Waals surface area contributed by atoms with Crippen molar-refractivity contribution in [1.82, 2.24) is 10.8 Å². The Morgan fingerprint density at radius 1 is 1.08 bits per heavy atom. The minimum atomic E-state index is -0.490. The Kier molecular flexibility index (Phi) is 6.78. The summed E-state index contributed by atoms with van der Waals surface area (Å²) in [5, 5.41) is 3.22. The Morgan fingerprint density at radius 2 is 1.75 bits per heavy atom. The standard InChI is InChI=1S/C18H19ClN2O3/c1-2-24-21-17(22)12-16(13-8-4-3-5-9-13)20-18(23)14-10-6-7-11-15(14)19/h3-11,16H,2,12H2,1H3,(H,20,23)(H,21,22). The van der Waals surface area contributed by atoms with Crippen LogP contribution < -0.4 is 10.8 Å². The van der Waals surface area contributed by atoms with E-state index in [9.17, 15) is 9.59 Å². The molecule has 0 spiro atoms. The van der Waals surface area contributed by atoms with Gasteiger partial charge in [-0.2, -0.15) is 0 Å². The number of carbonyl (C=O) groups excluding carboxylic acids is 2. The minimum absolute atomic E-state index is 0.0558. The zero-order chi connectivity index (χ0) is 17.4. The molecule has 2 N–H and O–H groups in total. The highest BCUT2D eigenvalue weighted by Gasteiger charge is 2.20. The predicted molar refractivity (Wildman–Crippen MR) is 92.5 cm³/mol. The van der Waals surface area contributed by atoms with Crippen LogP contribution in [0.5, 0.6) is 0 Å². The molecule has 2 aromatic rings. The highest BCUT2D eigenvalue weighted by Crippen LogP contribution is 2.20. The molecular weight excluding hydrogens is 328 g/mol. The van der Waals surface area contributed by atoms with Gasteiger partial charge in [0.2, 0.25) is 5.91 Å². The number of hydrogen-bond donors (Lipinski definition) is 2. The molecule has 0 bridgehead atoms. The van der Waals surface area contributed by atoms with E-state index in [2.05, 4.69) is 10.8 Å². The van der Waals surface area contributed by atoms with Crippen LogP contribution >= 0.6 is 11.6 Å². The molecule has 0 aromatic heterocycles. The number of benzene rings is 2. The fraction of sp³-hybridized carbons (Fsp3) is 0.222. The van der Waals surface area contributed by atoms with Crippen molar-refractivity contribution in [3.05, 3.63) is 70.7 Å². The Bertz CT molecular complexity index is 692. The summed E-state index contributed by atoms with van der Waals surface area (Å²) in [6, 6.07) is 15.6. The van der Waals surface area contributed by atoms with Crippen LogP contribution in [-0.2, 0) is 9.63 Å². The van der Waals surface area contributed by atoms with Gasteiger partial charge in [-0.3, -0.25) is 14.4 Å². The zero-order valence-electron chi connectivity index (χ0n) is 13.3. The third kappa shape index (κ3) is 5.08. The third-order valence-corrected chi connectivity index (χ3v) is 3.68. The summed E-state index contributed by atoms with van der Waals surface area (Å²) in [7, 11) is 0. The molecule has 0 heterocycles. The summed E-state index contributed by atoms with van der Waals surface area (Å²) < 4.78 is 0. The Hall–Kier alpha value is -2.37. The van der Waals surface area contributed by atoms with Gasteiger partial charge in [-0.25, -0.2) is 5.48 Å². The van der Waals surface area contributed by atoms with Crippen molar-refractivity contribution in [2.24, 2.45) is 0 Å². The number of halogens is 1. The molecule has 0 radical (unpaired) electrons. The Morgan fingerprint density at radius 3 is 2.42 bits per heavy atom. The lowest BCUT2D eigenvalue weighted by atomic mass is 10.0. The first-order valence-corrected chi connectivity index (χ1v) is 8.00. The van der Waals surface area contributed by atoms with Crippen molar-refractivity contribution in [2.45, 2.75) is 19.4 Å². The molecule has 2 amide bonds. The Balaban J connectivity index is 2.15. The maximum atomic E-state index is 12.5. The maximum Gasteiger partial charge on any atom is 0.253 e. The van der Waals surface area contributed by atoms with Crippen LogP contribution in [0.25, 0.3) is 0 Å². The SMILES string of the molecule is CCONC(=O)CC(NC(=O)c1ccccc1Cl)c1ccccc1. The fourth-order valence-electron chi connectivity index (χ4n) is 2.20. The molecule has 6 heteroatoms. The number of amides is 2. The van der Waals surface area contributed by atoms with E-state index in [4.69, 9.17) is 16.4 Å². The fourth-order valence-corrected chi connectivity index (χ4v) is 2.42. The number of rotatable bonds is 7. The summed E-state index contributed by atoms with van der Waals surface area (Å²) in [6.45, 7) is 2.14. The average Bonchev–Trinajstić information content (AvgIpc) is 2.60. The van der Waals surface area contributed by atoms with Crippen molar-refractivity contribution in [3.63, 3.8) is 0 Å². The largest absolute Gasteiger partial charge is 0.345 e. The first-order valence-electron chi connectivity index (χ1n) is 7.62. The molecule has 1 unspecified atom stereocenters. The number of carbonyl (C=O) groups is 2. The molecule has 24 heavy (non-hydrogen) atoms. The quantitative estimate of drug-likeness (QED) is 0.756. The third-order valence-electron chi connectivity index (χ3n) is 3.35. The van der Waals surface area contributed by atoms with Gasteiger partial charge < -0.3 is 5.32 Å². The van der Waals surface area contributed by atoms with E-state index in [1.54, 1.807) is 31.2 Å². The van der Waals surface area contributed by atoms with Crippen molar-refractivity contribution in [1.29, 1.82) is 0 Å². The van der Waals surface area contributed by atoms with E-state index in [0.29, 0.717) is 17.2 Å². The summed E-state index contributed by atoms with van der Waals surface area (Å²) in [5.74, 6) is -0.649. The molecule has 0 aliphatic carbocycles. The van der Waals surface area contributed by atoms with Gasteiger partial charge in [-0.15, -0.1) is 0 Å². The van der Waals surface area contributed by atoms with Crippen LogP contribution in [0.2, 0.25) is 5.02 Å². The van der Waals surface area contributed by atoms with E-state index in [0.717, 1.165) is 5.56 Å². The molecule has 0 saturated carbocycles. The van der Waals surface area contributed by atoms with Crippen molar-refractivity contribution < 1.29 is 14.4 Å². The second-order valence-corrected chi connectivity index (χ2v) is 5.49. The lowest BCUT2D eigenvalue weighted by Crippen LogP contribution is -2.34. The van der Waals surface area contributed by atoms with Gasteiger partial charge >= 0.3 is 0 Å². The second kappa shape index (κ2) is 9.05. The van der Waals surface area contributed by atoms with Gasteiger partial charge in [-0.1, -0.05) is 54.1 Å². The van der Waals surface area contributed by atoms with E-state index in [1.807, 2.05) is 30.3 Å². The number of nitrogens with one attached hydrogen (secondary N) is 2. The van der Waals surface area contributed by atoms with Gasteiger partial charge in [0.1, 0.15) is 0 Å². The monoisotopic (exact) mass is 346 g/mol. The van der Waals surface area contributed by atoms with Crippen molar-refractivity contribution in [3.8, 4) is 0 Å². The molecule has 126 valence electrons. The topological polar surface area (TPSA) is 67.4 Å². The summed E-state index contributed by atoms with van der Waals surface area (Å²) >= 11 is 6.06. The van der Waals surface area contributed by atoms with Crippen LogP contribution in [0.15, 0.2) is 54.6 Å². The molecule has 2 aromatic carbocycles. The average molecular weight is 347 g/mol. The lowest BCUT2D eigenvalue weighted by molar-refractivity contribution is -0.133. The highest BCUT2D eigenvalue weighted by molar-refractivity contribution is 6.33. The zero-order valence-corrected chi connectivity index (χ0v) is 14.0. The summed E-state index contributed by atoms with van der Waals surface area (Å²) in [5.41, 5.74) is 3.53. The minimum Gasteiger partial charge on any atom is -0.345 e. The summed E-state index contributed by atoms with van der Waals surface area (Å²) in [4.78, 5) is 29.4. The second-order valence-electron chi connectivity index (χ2n) is 5.08. The molecule has 1 atom stereocenters. The van der Waals surface area contributed by atoms with Crippen molar-refractivity contribution >= 4 is 23.4 Å². The highest BCUT2D eigenvalue weighted by atomic mass is 35.5. The number of hydrogen-bond acceptors (Lipinski definition) is 3. The smallest absolute Gasteiger partial charge is 0.253 e. The van der Waals surface area contributed by atoms with Crippen LogP contribution in [-0.4, -0.2) is 18.4 Å². The van der Waals surface area contributed by atoms with Crippen LogP contribution in [0.1, 0.15) is 35.3 Å². The first-order chi connectivity index (χ1) is 11.6. The molecular formula is C18H19ClN2O3. The van der Waals surface area contributed by atoms with Gasteiger partial charge in [0.05, 0.1) is 29.7 Å². The predicted octanol–water partition coefficient (Wildman–Crippen LogP) is 3.27. The maximum absolute atomic E-state index is 12.5. The van der Waals surface area contributed by atoms with Crippen LogP contribution in [0.4, 0.5) is 0 Å². The van der Waals surface area contributed by atoms with Gasteiger partial charge in [0.15, 0.2) is 0 Å². The first kappa shape index (κ1) is 18.0. The van der Waals surface area contributed by atoms with Crippen LogP contribution in [0, 0.1) is 0 Å². The lowest BCUT2D eigenvalue weighted by Gasteiger charge is -2.19. The molecule has 0 saturated heterocycles. The molecule has 2 rings (SSSR count). The molecule has 0 aliphatic heterocycles. The molecule has 0 fully saturated rings. The van der Waals surface area contributed by atoms with Crippen LogP contribution in [0.3, 0.4) is 0 Å². The van der Waals surface area contributed by atoms with E-state index >= 15 is 0 Å². The van der Waals surface area contributed by atoms with E-state index in [1.165, 1.54) is 0 Å². The van der Waals surface area contributed by atoms with Gasteiger partial charge in [0, 0.05) is 0 Å². The van der Waals surface area contributed by atoms with E-state index in [-0.39, 0.29) is 18.2 Å². The molecule has 5 nitrogen and oxygen atoms in total. The summed E-state index contributed by atoms with van der Waals surface area (Å²) in [6.07, 6.45) is 0.0558. The van der Waals surface area contributed by atoms with Gasteiger partial charge in [0.25, 0.3) is 5.91 Å². The van der Waals surface area contributed by atoms with Crippen molar-refractivity contribution in [2.75, 3.05) is 6.61 Å². The van der Waals surface area contributed by atoms with Gasteiger partial charge in [-0.05, 0) is 24.6 Å². The molecule has 0 aliphatic rings.